The number of carbonyl (C=O) groups excluding carboxylic acids is 1. The topological polar surface area (TPSA) is 64.7 Å². The predicted molar refractivity (Wildman–Crippen MR) is 101 cm³/mol. The van der Waals surface area contributed by atoms with E-state index in [9.17, 15) is 4.79 Å². The van der Waals surface area contributed by atoms with Gasteiger partial charge in [-0.15, -0.1) is 5.10 Å². The molecule has 3 saturated heterocycles. The summed E-state index contributed by atoms with van der Waals surface area (Å²) in [6.45, 7) is 2.97. The van der Waals surface area contributed by atoms with Crippen LogP contribution >= 0.6 is 0 Å². The molecule has 0 aliphatic carbocycles. The zero-order chi connectivity index (χ0) is 19.0. The van der Waals surface area contributed by atoms with Gasteiger partial charge in [-0.2, -0.15) is 0 Å². The lowest BCUT2D eigenvalue weighted by Crippen LogP contribution is -3.20. The second kappa shape index (κ2) is 7.31. The molecule has 1 amide bonds. The van der Waals surface area contributed by atoms with E-state index >= 15 is 0 Å². The Bertz CT molecular complexity index is 801. The first-order valence-corrected chi connectivity index (χ1v) is 9.65. The molecule has 27 heavy (non-hydrogen) atoms. The smallest absolute Gasteiger partial charge is 0.231 e. The minimum atomic E-state index is 0.186. The molecule has 5 rings (SSSR count). The molecule has 4 heterocycles. The van der Waals surface area contributed by atoms with Crippen LogP contribution in [-0.2, 0) is 11.3 Å². The van der Waals surface area contributed by atoms with Gasteiger partial charge in [-0.3, -0.25) is 4.79 Å². The Balaban J connectivity index is 1.42. The van der Waals surface area contributed by atoms with Crippen molar-refractivity contribution in [3.05, 3.63) is 30.5 Å². The van der Waals surface area contributed by atoms with Crippen molar-refractivity contribution in [2.45, 2.75) is 25.4 Å². The molecule has 3 aliphatic heterocycles. The molecule has 4 atom stereocenters. The lowest BCUT2D eigenvalue weighted by Gasteiger charge is -2.46. The Kier molecular flexibility index (Phi) is 4.86. The maximum absolute atomic E-state index is 12.4. The van der Waals surface area contributed by atoms with Crippen molar-refractivity contribution >= 4 is 5.91 Å². The van der Waals surface area contributed by atoms with E-state index in [4.69, 9.17) is 4.74 Å². The molecule has 0 radical (unpaired) electrons. The van der Waals surface area contributed by atoms with Gasteiger partial charge in [-0.1, -0.05) is 5.21 Å². The molecule has 1 aromatic heterocycles. The minimum Gasteiger partial charge on any atom is -0.497 e. The standard InChI is InChI=1S/C20H27N5O2/c1-23(2)20(26)18-12-24-9-8-15(18)10-16(24)11-25-13-19(21-22-25)14-4-6-17(27-3)7-5-14/h4-7,13,15-16,18H,8-12H2,1-3H3/p+1/t15-,16-,18+/m1/s1. The van der Waals surface area contributed by atoms with Crippen molar-refractivity contribution in [1.29, 1.82) is 0 Å². The minimum absolute atomic E-state index is 0.186. The van der Waals surface area contributed by atoms with Crippen LogP contribution in [0.3, 0.4) is 0 Å². The van der Waals surface area contributed by atoms with Gasteiger partial charge in [0.05, 0.1) is 38.9 Å². The summed E-state index contributed by atoms with van der Waals surface area (Å²) in [5.41, 5.74) is 1.92. The summed E-state index contributed by atoms with van der Waals surface area (Å²) in [7, 11) is 5.39. The first-order valence-electron chi connectivity index (χ1n) is 9.65. The summed E-state index contributed by atoms with van der Waals surface area (Å²) in [4.78, 5) is 15.7. The fraction of sp³-hybridized carbons (Fsp3) is 0.550. The molecule has 2 bridgehead atoms. The van der Waals surface area contributed by atoms with Crippen LogP contribution in [0.2, 0.25) is 0 Å². The molecule has 1 unspecified atom stereocenters. The van der Waals surface area contributed by atoms with Crippen LogP contribution in [0.25, 0.3) is 11.3 Å². The first kappa shape index (κ1) is 18.0. The number of piperidine rings is 3. The average molecular weight is 370 g/mol. The van der Waals surface area contributed by atoms with E-state index in [1.807, 2.05) is 49.2 Å². The lowest BCUT2D eigenvalue weighted by atomic mass is 9.75. The molecule has 3 fully saturated rings. The number of aromatic nitrogens is 3. The van der Waals surface area contributed by atoms with Crippen LogP contribution in [0, 0.1) is 11.8 Å². The van der Waals surface area contributed by atoms with Gasteiger partial charge in [0.2, 0.25) is 5.91 Å². The summed E-state index contributed by atoms with van der Waals surface area (Å²) in [6.07, 6.45) is 4.27. The second-order valence-corrected chi connectivity index (χ2v) is 7.99. The fourth-order valence-electron chi connectivity index (χ4n) is 4.64. The number of fused-ring (bicyclic) bond motifs is 3. The number of rotatable bonds is 5. The summed E-state index contributed by atoms with van der Waals surface area (Å²) in [5, 5.41) is 8.68. The number of nitrogens with zero attached hydrogens (tertiary/aromatic N) is 4. The highest BCUT2D eigenvalue weighted by molar-refractivity contribution is 5.78. The van der Waals surface area contributed by atoms with E-state index < -0.39 is 0 Å². The highest BCUT2D eigenvalue weighted by Crippen LogP contribution is 2.28. The molecule has 0 spiro atoms. The quantitative estimate of drug-likeness (QED) is 0.824. The predicted octanol–water partition coefficient (Wildman–Crippen LogP) is 0.335. The Labute approximate surface area is 159 Å². The molecule has 1 N–H and O–H groups in total. The van der Waals surface area contributed by atoms with Crippen LogP contribution in [0.4, 0.5) is 0 Å². The largest absolute Gasteiger partial charge is 0.497 e. The molecule has 2 aromatic rings. The molecule has 144 valence electrons. The number of hydrogen-bond donors (Lipinski definition) is 1. The number of benzene rings is 1. The Hall–Kier alpha value is -2.41. The number of hydrogen-bond acceptors (Lipinski definition) is 4. The van der Waals surface area contributed by atoms with Gasteiger partial charge in [0, 0.05) is 32.5 Å². The van der Waals surface area contributed by atoms with Gasteiger partial charge in [-0.05, 0) is 30.2 Å². The highest BCUT2D eigenvalue weighted by Gasteiger charge is 2.47. The van der Waals surface area contributed by atoms with Crippen LogP contribution in [0.5, 0.6) is 5.75 Å². The van der Waals surface area contributed by atoms with E-state index in [0.717, 1.165) is 49.5 Å². The van der Waals surface area contributed by atoms with Crippen LogP contribution in [-0.4, -0.2) is 66.1 Å². The Morgan fingerprint density at radius 2 is 2.11 bits per heavy atom. The van der Waals surface area contributed by atoms with Crippen LogP contribution in [0.1, 0.15) is 12.8 Å². The zero-order valence-electron chi connectivity index (χ0n) is 16.3. The van der Waals surface area contributed by atoms with Gasteiger partial charge in [0.1, 0.15) is 17.5 Å². The number of quaternary nitrogens is 1. The summed E-state index contributed by atoms with van der Waals surface area (Å²) >= 11 is 0. The molecular weight excluding hydrogens is 342 g/mol. The number of nitrogens with one attached hydrogen (secondary N) is 1. The highest BCUT2D eigenvalue weighted by atomic mass is 16.5. The number of amides is 1. The van der Waals surface area contributed by atoms with Gasteiger partial charge < -0.3 is 14.5 Å². The Morgan fingerprint density at radius 3 is 2.74 bits per heavy atom. The molecule has 7 heteroatoms. The number of ether oxygens (including phenoxy) is 1. The van der Waals surface area contributed by atoms with E-state index in [1.54, 1.807) is 16.9 Å². The summed E-state index contributed by atoms with van der Waals surface area (Å²) in [6, 6.07) is 8.39. The third kappa shape index (κ3) is 3.56. The van der Waals surface area contributed by atoms with Crippen molar-refractivity contribution in [1.82, 2.24) is 19.9 Å². The van der Waals surface area contributed by atoms with Crippen molar-refractivity contribution in [3.63, 3.8) is 0 Å². The monoisotopic (exact) mass is 370 g/mol. The third-order valence-electron chi connectivity index (χ3n) is 6.14. The van der Waals surface area contributed by atoms with Crippen LogP contribution < -0.4 is 9.64 Å². The lowest BCUT2D eigenvalue weighted by molar-refractivity contribution is -0.945. The van der Waals surface area contributed by atoms with E-state index in [0.29, 0.717) is 12.0 Å². The van der Waals surface area contributed by atoms with Crippen molar-refractivity contribution < 1.29 is 14.4 Å². The van der Waals surface area contributed by atoms with E-state index in [-0.39, 0.29) is 11.8 Å². The molecule has 7 nitrogen and oxygen atoms in total. The SMILES string of the molecule is COc1ccc(-c2cn(C[C@H]3C[C@H]4CC[NH+]3C[C@@H]4C(=O)N(C)C)nn2)cc1. The second-order valence-electron chi connectivity index (χ2n) is 7.99. The number of carbonyl (C=O) groups is 1. The molecule has 1 aromatic carbocycles. The molecule has 3 aliphatic rings. The molecule has 0 saturated carbocycles. The molecular formula is C20H28N5O2+. The maximum Gasteiger partial charge on any atom is 0.231 e. The van der Waals surface area contributed by atoms with Gasteiger partial charge in [-0.25, -0.2) is 4.68 Å². The normalized spacial score (nSPS) is 26.8. The van der Waals surface area contributed by atoms with Gasteiger partial charge in [0.15, 0.2) is 0 Å². The van der Waals surface area contributed by atoms with Crippen molar-refractivity contribution in [2.75, 3.05) is 34.3 Å². The van der Waals surface area contributed by atoms with Gasteiger partial charge in [0.25, 0.3) is 0 Å². The first-order chi connectivity index (χ1) is 13.0. The Morgan fingerprint density at radius 1 is 1.33 bits per heavy atom. The average Bonchev–Trinajstić information content (AvgIpc) is 3.16. The van der Waals surface area contributed by atoms with Crippen molar-refractivity contribution in [2.24, 2.45) is 11.8 Å². The van der Waals surface area contributed by atoms with Crippen molar-refractivity contribution in [3.8, 4) is 17.0 Å². The van der Waals surface area contributed by atoms with Gasteiger partial charge >= 0.3 is 0 Å². The zero-order valence-corrected chi connectivity index (χ0v) is 16.3. The number of methoxy groups -OCH3 is 1. The third-order valence-corrected chi connectivity index (χ3v) is 6.14. The maximum atomic E-state index is 12.4. The summed E-state index contributed by atoms with van der Waals surface area (Å²) in [5.74, 6) is 1.82. The van der Waals surface area contributed by atoms with Crippen LogP contribution in [0.15, 0.2) is 30.5 Å². The van der Waals surface area contributed by atoms with E-state index in [2.05, 4.69) is 10.3 Å². The fourth-order valence-corrected chi connectivity index (χ4v) is 4.64. The van der Waals surface area contributed by atoms with E-state index in [1.165, 1.54) is 0 Å². The summed E-state index contributed by atoms with van der Waals surface area (Å²) < 4.78 is 7.17.